The Bertz CT molecular complexity index is 644. The molecule has 1 aromatic carbocycles. The highest BCUT2D eigenvalue weighted by atomic mass is 31.2. The normalized spacial score (nSPS) is 20.5. The first-order valence-corrected chi connectivity index (χ1v) is 10.6. The molecule has 1 fully saturated rings. The van der Waals surface area contributed by atoms with Gasteiger partial charge in [0.2, 0.25) is 0 Å². The van der Waals surface area contributed by atoms with Gasteiger partial charge in [-0.15, -0.1) is 0 Å². The van der Waals surface area contributed by atoms with Gasteiger partial charge in [0.15, 0.2) is 0 Å². The SMILES string of the molecule is CC1(C)COP(=O)(Cc2cc(C(C)(C)C)c(O)c(C(C)(C)C)c2)OC1. The van der Waals surface area contributed by atoms with Crippen LogP contribution in [0.2, 0.25) is 0 Å². The Hall–Kier alpha value is -0.830. The van der Waals surface area contributed by atoms with Gasteiger partial charge in [0, 0.05) is 5.41 Å². The molecule has 0 aliphatic carbocycles. The maximum atomic E-state index is 13.0. The van der Waals surface area contributed by atoms with Crippen LogP contribution in [-0.4, -0.2) is 18.3 Å². The quantitative estimate of drug-likeness (QED) is 0.675. The van der Waals surface area contributed by atoms with Gasteiger partial charge in [-0.1, -0.05) is 67.5 Å². The Morgan fingerprint density at radius 1 is 1.00 bits per heavy atom. The zero-order chi connectivity index (χ0) is 19.3. The fourth-order valence-electron chi connectivity index (χ4n) is 2.87. The molecule has 25 heavy (non-hydrogen) atoms. The second kappa shape index (κ2) is 6.40. The molecule has 0 radical (unpaired) electrons. The molecule has 5 heteroatoms. The first kappa shape index (κ1) is 20.5. The van der Waals surface area contributed by atoms with Crippen LogP contribution in [0.15, 0.2) is 12.1 Å². The molecule has 1 N–H and O–H groups in total. The second-order valence-corrected chi connectivity index (χ2v) is 12.1. The van der Waals surface area contributed by atoms with Crippen molar-refractivity contribution < 1.29 is 18.7 Å². The Balaban J connectivity index is 2.43. The number of phenolic OH excluding ortho intramolecular Hbond substituents is 1. The van der Waals surface area contributed by atoms with E-state index in [0.29, 0.717) is 19.0 Å². The topological polar surface area (TPSA) is 55.8 Å². The van der Waals surface area contributed by atoms with Gasteiger partial charge < -0.3 is 14.2 Å². The fraction of sp³-hybridized carbons (Fsp3) is 0.700. The molecule has 2 rings (SSSR count). The summed E-state index contributed by atoms with van der Waals surface area (Å²) < 4.78 is 24.3. The molecule has 1 aromatic rings. The molecule has 142 valence electrons. The molecule has 1 saturated heterocycles. The Labute approximate surface area is 152 Å². The number of rotatable bonds is 2. The van der Waals surface area contributed by atoms with Crippen molar-refractivity contribution in [2.24, 2.45) is 5.41 Å². The third-order valence-corrected chi connectivity index (χ3v) is 6.26. The lowest BCUT2D eigenvalue weighted by atomic mass is 9.78. The zero-order valence-corrected chi connectivity index (χ0v) is 17.8. The van der Waals surface area contributed by atoms with Crippen molar-refractivity contribution >= 4 is 7.60 Å². The van der Waals surface area contributed by atoms with Gasteiger partial charge in [-0.05, 0) is 27.5 Å². The van der Waals surface area contributed by atoms with E-state index in [0.717, 1.165) is 16.7 Å². The lowest BCUT2D eigenvalue weighted by Crippen LogP contribution is -2.29. The van der Waals surface area contributed by atoms with Crippen LogP contribution in [0.1, 0.15) is 72.1 Å². The van der Waals surface area contributed by atoms with Gasteiger partial charge in [0.1, 0.15) is 5.75 Å². The van der Waals surface area contributed by atoms with Crippen molar-refractivity contribution in [2.75, 3.05) is 13.2 Å². The molecule has 0 unspecified atom stereocenters. The van der Waals surface area contributed by atoms with E-state index in [1.54, 1.807) is 0 Å². The van der Waals surface area contributed by atoms with Crippen molar-refractivity contribution in [3.8, 4) is 5.75 Å². The van der Waals surface area contributed by atoms with E-state index in [9.17, 15) is 9.67 Å². The van der Waals surface area contributed by atoms with Gasteiger partial charge in [-0.3, -0.25) is 4.57 Å². The fourth-order valence-corrected chi connectivity index (χ4v) is 4.85. The molecule has 0 saturated carbocycles. The summed E-state index contributed by atoms with van der Waals surface area (Å²) in [6.45, 7) is 17.3. The predicted octanol–water partition coefficient (Wildman–Crippen LogP) is 5.75. The van der Waals surface area contributed by atoms with Gasteiger partial charge in [-0.25, -0.2) is 0 Å². The standard InChI is InChI=1S/C20H33O4P/c1-18(2,3)15-9-14(10-16(17(15)21)19(4,5)6)11-25(22)23-12-20(7,8)13-24-25/h9-10,21H,11-13H2,1-8H3. The predicted molar refractivity (Wildman–Crippen MR) is 103 cm³/mol. The first-order valence-electron chi connectivity index (χ1n) is 8.88. The van der Waals surface area contributed by atoms with E-state index in [1.165, 1.54) is 0 Å². The Kier molecular flexibility index (Phi) is 5.25. The average molecular weight is 368 g/mol. The van der Waals surface area contributed by atoms with Crippen LogP contribution >= 0.6 is 7.60 Å². The maximum Gasteiger partial charge on any atom is 0.335 e. The minimum absolute atomic E-state index is 0.115. The number of hydrogen-bond acceptors (Lipinski definition) is 4. The monoisotopic (exact) mass is 368 g/mol. The van der Waals surface area contributed by atoms with Gasteiger partial charge in [0.05, 0.1) is 19.4 Å². The van der Waals surface area contributed by atoms with E-state index in [4.69, 9.17) is 9.05 Å². The summed E-state index contributed by atoms with van der Waals surface area (Å²) in [5.74, 6) is 0.327. The molecule has 0 bridgehead atoms. The van der Waals surface area contributed by atoms with Gasteiger partial charge in [0.25, 0.3) is 0 Å². The molecule has 0 atom stereocenters. The zero-order valence-electron chi connectivity index (χ0n) is 16.9. The summed E-state index contributed by atoms with van der Waals surface area (Å²) in [7, 11) is -3.16. The molecular weight excluding hydrogens is 335 g/mol. The smallest absolute Gasteiger partial charge is 0.335 e. The van der Waals surface area contributed by atoms with Crippen LogP contribution in [0.25, 0.3) is 0 Å². The second-order valence-electron chi connectivity index (χ2n) is 10.0. The molecular formula is C20H33O4P. The number of benzene rings is 1. The molecule has 1 aliphatic rings. The molecule has 0 amide bonds. The van der Waals surface area contributed by atoms with Crippen LogP contribution in [0.3, 0.4) is 0 Å². The summed E-state index contributed by atoms with van der Waals surface area (Å²) in [5, 5.41) is 10.8. The third kappa shape index (κ3) is 4.87. The Morgan fingerprint density at radius 2 is 1.40 bits per heavy atom. The average Bonchev–Trinajstić information content (AvgIpc) is 2.42. The van der Waals surface area contributed by atoms with Gasteiger partial charge >= 0.3 is 7.60 Å². The van der Waals surface area contributed by atoms with Gasteiger partial charge in [-0.2, -0.15) is 0 Å². The lowest BCUT2D eigenvalue weighted by molar-refractivity contribution is 0.0409. The van der Waals surface area contributed by atoms with E-state index in [1.807, 2.05) is 26.0 Å². The van der Waals surface area contributed by atoms with Crippen molar-refractivity contribution in [1.82, 2.24) is 0 Å². The largest absolute Gasteiger partial charge is 0.507 e. The van der Waals surface area contributed by atoms with E-state index >= 15 is 0 Å². The Morgan fingerprint density at radius 3 is 1.76 bits per heavy atom. The van der Waals surface area contributed by atoms with Crippen molar-refractivity contribution in [3.63, 3.8) is 0 Å². The minimum atomic E-state index is -3.16. The molecule has 4 nitrogen and oxygen atoms in total. The van der Waals surface area contributed by atoms with Crippen molar-refractivity contribution in [3.05, 3.63) is 28.8 Å². The summed E-state index contributed by atoms with van der Waals surface area (Å²) in [5.41, 5.74) is 2.06. The lowest BCUT2D eigenvalue weighted by Gasteiger charge is -2.34. The third-order valence-electron chi connectivity index (χ3n) is 4.47. The summed E-state index contributed by atoms with van der Waals surface area (Å²) in [6, 6.07) is 3.88. The maximum absolute atomic E-state index is 13.0. The van der Waals surface area contributed by atoms with Crippen LogP contribution in [0, 0.1) is 5.41 Å². The first-order chi connectivity index (χ1) is 11.1. The van der Waals surface area contributed by atoms with Crippen LogP contribution in [-0.2, 0) is 30.6 Å². The summed E-state index contributed by atoms with van der Waals surface area (Å²) in [4.78, 5) is 0. The molecule has 0 spiro atoms. The van der Waals surface area contributed by atoms with E-state index in [2.05, 4.69) is 41.5 Å². The highest BCUT2D eigenvalue weighted by molar-refractivity contribution is 7.53. The van der Waals surface area contributed by atoms with E-state index < -0.39 is 7.60 Å². The molecule has 0 aromatic heterocycles. The van der Waals surface area contributed by atoms with E-state index in [-0.39, 0.29) is 22.4 Å². The highest BCUT2D eigenvalue weighted by Gasteiger charge is 2.37. The van der Waals surface area contributed by atoms with Crippen LogP contribution in [0.4, 0.5) is 0 Å². The molecule has 1 heterocycles. The summed E-state index contributed by atoms with van der Waals surface area (Å²) >= 11 is 0. The number of aromatic hydroxyl groups is 1. The van der Waals surface area contributed by atoms with Crippen molar-refractivity contribution in [2.45, 2.75) is 72.4 Å². The summed E-state index contributed by atoms with van der Waals surface area (Å²) in [6.07, 6.45) is 0.232. The highest BCUT2D eigenvalue weighted by Crippen LogP contribution is 2.56. The van der Waals surface area contributed by atoms with Crippen LogP contribution in [0.5, 0.6) is 5.75 Å². The number of hydrogen-bond donors (Lipinski definition) is 1. The van der Waals surface area contributed by atoms with Crippen LogP contribution < -0.4 is 0 Å². The minimum Gasteiger partial charge on any atom is -0.507 e. The number of phenols is 1. The van der Waals surface area contributed by atoms with Crippen molar-refractivity contribution in [1.29, 1.82) is 0 Å². The molecule has 1 aliphatic heterocycles.